The van der Waals surface area contributed by atoms with E-state index in [-0.39, 0.29) is 23.9 Å². The van der Waals surface area contributed by atoms with E-state index in [1.807, 2.05) is 32.0 Å². The minimum absolute atomic E-state index is 0.0151. The molecule has 138 valence electrons. The lowest BCUT2D eigenvalue weighted by atomic mass is 10.1. The number of carbonyl (C=O) groups excluding carboxylic acids is 1. The van der Waals surface area contributed by atoms with Gasteiger partial charge in [-0.15, -0.1) is 0 Å². The highest BCUT2D eigenvalue weighted by Gasteiger charge is 2.39. The second kappa shape index (κ2) is 6.81. The predicted octanol–water partition coefficient (Wildman–Crippen LogP) is 2.87. The molecule has 1 aliphatic heterocycles. The average Bonchev–Trinajstić information content (AvgIpc) is 2.60. The molecule has 0 unspecified atom stereocenters. The van der Waals surface area contributed by atoms with Crippen LogP contribution in [0, 0.1) is 19.7 Å². The molecule has 1 atom stereocenters. The minimum Gasteiger partial charge on any atom is -0.309 e. The van der Waals surface area contributed by atoms with Gasteiger partial charge in [0.1, 0.15) is 11.9 Å². The average molecular weight is 376 g/mol. The third-order valence-electron chi connectivity index (χ3n) is 4.89. The molecule has 2 aromatic rings. The van der Waals surface area contributed by atoms with Crippen molar-refractivity contribution in [3.05, 3.63) is 59.4 Å². The SMILES string of the molecule is Cc1cccc(N2CCN(S(=O)(=O)c3ccc(F)cc3)[C@H](C)C2=O)c1C. The van der Waals surface area contributed by atoms with Crippen molar-refractivity contribution in [1.82, 2.24) is 4.31 Å². The van der Waals surface area contributed by atoms with E-state index in [4.69, 9.17) is 0 Å². The predicted molar refractivity (Wildman–Crippen MR) is 98.0 cm³/mol. The van der Waals surface area contributed by atoms with Crippen LogP contribution < -0.4 is 4.90 Å². The molecule has 5 nitrogen and oxygen atoms in total. The summed E-state index contributed by atoms with van der Waals surface area (Å²) in [5.41, 5.74) is 2.88. The zero-order valence-corrected chi connectivity index (χ0v) is 15.8. The summed E-state index contributed by atoms with van der Waals surface area (Å²) < 4.78 is 40.0. The van der Waals surface area contributed by atoms with Crippen molar-refractivity contribution < 1.29 is 17.6 Å². The quantitative estimate of drug-likeness (QED) is 0.828. The topological polar surface area (TPSA) is 57.7 Å². The van der Waals surface area contributed by atoms with Crippen LogP contribution in [-0.2, 0) is 14.8 Å². The number of rotatable bonds is 3. The van der Waals surface area contributed by atoms with Gasteiger partial charge in [0.25, 0.3) is 0 Å². The summed E-state index contributed by atoms with van der Waals surface area (Å²) in [6.45, 7) is 5.96. The zero-order valence-electron chi connectivity index (χ0n) is 14.9. The van der Waals surface area contributed by atoms with Crippen molar-refractivity contribution in [3.63, 3.8) is 0 Å². The molecule has 1 fully saturated rings. The Hall–Kier alpha value is -2.25. The summed E-state index contributed by atoms with van der Waals surface area (Å²) in [7, 11) is -3.87. The van der Waals surface area contributed by atoms with Crippen LogP contribution in [0.2, 0.25) is 0 Å². The first-order chi connectivity index (χ1) is 12.2. The Morgan fingerprint density at radius 1 is 1.04 bits per heavy atom. The Balaban J connectivity index is 1.90. The molecule has 0 saturated carbocycles. The lowest BCUT2D eigenvalue weighted by Gasteiger charge is -2.38. The van der Waals surface area contributed by atoms with E-state index in [0.29, 0.717) is 0 Å². The van der Waals surface area contributed by atoms with Crippen LogP contribution in [0.4, 0.5) is 10.1 Å². The number of anilines is 1. The fourth-order valence-electron chi connectivity index (χ4n) is 3.19. The number of carbonyl (C=O) groups is 1. The van der Waals surface area contributed by atoms with E-state index < -0.39 is 21.9 Å². The molecule has 0 aliphatic carbocycles. The number of hydrogen-bond donors (Lipinski definition) is 0. The van der Waals surface area contributed by atoms with E-state index in [9.17, 15) is 17.6 Å². The molecule has 26 heavy (non-hydrogen) atoms. The largest absolute Gasteiger partial charge is 0.309 e. The van der Waals surface area contributed by atoms with Gasteiger partial charge in [-0.1, -0.05) is 12.1 Å². The van der Waals surface area contributed by atoms with Crippen molar-refractivity contribution in [2.24, 2.45) is 0 Å². The molecule has 1 saturated heterocycles. The van der Waals surface area contributed by atoms with E-state index in [2.05, 4.69) is 0 Å². The second-order valence-corrected chi connectivity index (χ2v) is 8.35. The summed E-state index contributed by atoms with van der Waals surface area (Å²) >= 11 is 0. The Morgan fingerprint density at radius 3 is 2.35 bits per heavy atom. The number of benzene rings is 2. The molecule has 0 spiro atoms. The fourth-order valence-corrected chi connectivity index (χ4v) is 4.77. The number of nitrogens with zero attached hydrogens (tertiary/aromatic N) is 2. The summed E-state index contributed by atoms with van der Waals surface area (Å²) in [6, 6.07) is 9.55. The minimum atomic E-state index is -3.87. The van der Waals surface area contributed by atoms with Crippen molar-refractivity contribution in [2.45, 2.75) is 31.7 Å². The molecule has 7 heteroatoms. The smallest absolute Gasteiger partial charge is 0.245 e. The number of sulfonamides is 1. The van der Waals surface area contributed by atoms with E-state index in [1.54, 1.807) is 11.8 Å². The molecule has 0 bridgehead atoms. The highest BCUT2D eigenvalue weighted by molar-refractivity contribution is 7.89. The maximum Gasteiger partial charge on any atom is 0.245 e. The normalized spacial score (nSPS) is 19.0. The van der Waals surface area contributed by atoms with Gasteiger partial charge in [-0.2, -0.15) is 4.31 Å². The molecular weight excluding hydrogens is 355 g/mol. The van der Waals surface area contributed by atoms with Crippen LogP contribution in [0.25, 0.3) is 0 Å². The first kappa shape index (κ1) is 18.5. The molecule has 0 radical (unpaired) electrons. The highest BCUT2D eigenvalue weighted by atomic mass is 32.2. The van der Waals surface area contributed by atoms with Gasteiger partial charge in [0.15, 0.2) is 0 Å². The molecule has 0 aromatic heterocycles. The van der Waals surface area contributed by atoms with Crippen molar-refractivity contribution >= 4 is 21.6 Å². The standard InChI is InChI=1S/C19H21FN2O3S/c1-13-5-4-6-18(14(13)2)21-11-12-22(15(3)19(21)23)26(24,25)17-9-7-16(20)8-10-17/h4-10,15H,11-12H2,1-3H3/t15-/m1/s1. The lowest BCUT2D eigenvalue weighted by Crippen LogP contribution is -2.57. The van der Waals surface area contributed by atoms with Gasteiger partial charge in [-0.25, -0.2) is 12.8 Å². The molecule has 0 N–H and O–H groups in total. The van der Waals surface area contributed by atoms with Gasteiger partial charge in [-0.3, -0.25) is 4.79 Å². The van der Waals surface area contributed by atoms with Gasteiger partial charge in [0, 0.05) is 18.8 Å². The van der Waals surface area contributed by atoms with Crippen LogP contribution in [0.1, 0.15) is 18.1 Å². The third-order valence-corrected chi connectivity index (χ3v) is 6.87. The first-order valence-corrected chi connectivity index (χ1v) is 9.82. The summed E-state index contributed by atoms with van der Waals surface area (Å²) in [6.07, 6.45) is 0. The highest BCUT2D eigenvalue weighted by Crippen LogP contribution is 2.28. The Bertz CT molecular complexity index is 942. The van der Waals surface area contributed by atoms with Gasteiger partial charge in [0.05, 0.1) is 4.90 Å². The Labute approximate surface area is 153 Å². The number of piperazine rings is 1. The maximum atomic E-state index is 13.1. The first-order valence-electron chi connectivity index (χ1n) is 8.38. The Kier molecular flexibility index (Phi) is 4.86. The summed E-state index contributed by atoms with van der Waals surface area (Å²) in [5.74, 6) is -0.775. The van der Waals surface area contributed by atoms with Crippen LogP contribution in [0.3, 0.4) is 0 Å². The molecule has 1 heterocycles. The van der Waals surface area contributed by atoms with Crippen LogP contribution in [-0.4, -0.2) is 37.8 Å². The number of amides is 1. The second-order valence-electron chi connectivity index (χ2n) is 6.45. The summed E-state index contributed by atoms with van der Waals surface area (Å²) in [4.78, 5) is 14.5. The van der Waals surface area contributed by atoms with Crippen molar-refractivity contribution in [1.29, 1.82) is 0 Å². The van der Waals surface area contributed by atoms with Crippen LogP contribution in [0.15, 0.2) is 47.4 Å². The fraction of sp³-hybridized carbons (Fsp3) is 0.316. The molecular formula is C19H21FN2O3S. The maximum absolute atomic E-state index is 13.1. The Morgan fingerprint density at radius 2 is 1.69 bits per heavy atom. The van der Waals surface area contributed by atoms with E-state index in [1.165, 1.54) is 16.4 Å². The van der Waals surface area contributed by atoms with Crippen molar-refractivity contribution in [3.8, 4) is 0 Å². The van der Waals surface area contributed by atoms with E-state index >= 15 is 0 Å². The monoisotopic (exact) mass is 376 g/mol. The van der Waals surface area contributed by atoms with E-state index in [0.717, 1.165) is 28.9 Å². The van der Waals surface area contributed by atoms with Crippen LogP contribution in [0.5, 0.6) is 0 Å². The van der Waals surface area contributed by atoms with Gasteiger partial charge < -0.3 is 4.90 Å². The zero-order chi connectivity index (χ0) is 19.1. The van der Waals surface area contributed by atoms with Crippen LogP contribution >= 0.6 is 0 Å². The number of aryl methyl sites for hydroxylation is 1. The van der Waals surface area contributed by atoms with Gasteiger partial charge >= 0.3 is 0 Å². The number of hydrogen-bond acceptors (Lipinski definition) is 3. The molecule has 2 aromatic carbocycles. The molecule has 3 rings (SSSR count). The lowest BCUT2D eigenvalue weighted by molar-refractivity contribution is -0.123. The van der Waals surface area contributed by atoms with Crippen molar-refractivity contribution in [2.75, 3.05) is 18.0 Å². The molecule has 1 aliphatic rings. The third kappa shape index (κ3) is 3.12. The molecule has 1 amide bonds. The van der Waals surface area contributed by atoms with Gasteiger partial charge in [-0.05, 0) is 62.2 Å². The summed E-state index contributed by atoms with van der Waals surface area (Å²) in [5, 5.41) is 0. The number of halogens is 1. The van der Waals surface area contributed by atoms with Gasteiger partial charge in [0.2, 0.25) is 15.9 Å².